The molecule has 6 heteroatoms. The van der Waals surface area contributed by atoms with Gasteiger partial charge < -0.3 is 9.84 Å². The van der Waals surface area contributed by atoms with Gasteiger partial charge >= 0.3 is 12.6 Å². The first kappa shape index (κ1) is 16.6. The van der Waals surface area contributed by atoms with E-state index < -0.39 is 18.5 Å². The Kier molecular flexibility index (Phi) is 4.94. The predicted octanol–water partition coefficient (Wildman–Crippen LogP) is 3.74. The molecule has 1 atom stereocenters. The Hall–Kier alpha value is -2.21. The van der Waals surface area contributed by atoms with Gasteiger partial charge in [0.15, 0.2) is 0 Å². The number of halogens is 2. The zero-order valence-corrected chi connectivity index (χ0v) is 13.1. The summed E-state index contributed by atoms with van der Waals surface area (Å²) in [4.78, 5) is 13.2. The summed E-state index contributed by atoms with van der Waals surface area (Å²) in [5.74, 6) is -1.06. The number of benzene rings is 2. The van der Waals surface area contributed by atoms with E-state index in [1.54, 1.807) is 12.1 Å². The van der Waals surface area contributed by atoms with Crippen LogP contribution in [0, 0.1) is 5.92 Å². The number of fused-ring (bicyclic) bond motifs is 1. The first-order chi connectivity index (χ1) is 11.5. The van der Waals surface area contributed by atoms with E-state index in [1.807, 2.05) is 29.2 Å². The highest BCUT2D eigenvalue weighted by Gasteiger charge is 2.26. The molecule has 1 aliphatic rings. The average molecular weight is 335 g/mol. The number of hydrogen-bond donors (Lipinski definition) is 1. The number of carbonyl (C=O) groups is 1. The molecule has 2 aromatic carbocycles. The molecule has 1 fully saturated rings. The molecule has 2 aromatic rings. The maximum Gasteiger partial charge on any atom is 0.387 e. The maximum atomic E-state index is 12.7. The monoisotopic (exact) mass is 335 g/mol. The Morgan fingerprint density at radius 3 is 2.83 bits per heavy atom. The molecule has 0 aliphatic carbocycles. The molecular formula is C18H19F2NO3. The van der Waals surface area contributed by atoms with E-state index in [1.165, 1.54) is 0 Å². The van der Waals surface area contributed by atoms with E-state index in [0.717, 1.165) is 23.7 Å². The minimum atomic E-state index is -2.89. The van der Waals surface area contributed by atoms with E-state index in [-0.39, 0.29) is 5.75 Å². The number of nitrogens with zero attached hydrogens (tertiary/aromatic N) is 1. The van der Waals surface area contributed by atoms with Crippen LogP contribution in [0.4, 0.5) is 8.78 Å². The normalized spacial score (nSPS) is 18.9. The van der Waals surface area contributed by atoms with Crippen LogP contribution in [-0.2, 0) is 11.3 Å². The van der Waals surface area contributed by atoms with Crippen molar-refractivity contribution in [3.05, 3.63) is 42.0 Å². The highest BCUT2D eigenvalue weighted by molar-refractivity contribution is 5.87. The van der Waals surface area contributed by atoms with Crippen LogP contribution in [-0.4, -0.2) is 35.7 Å². The largest absolute Gasteiger partial charge is 0.481 e. The highest BCUT2D eigenvalue weighted by Crippen LogP contribution is 2.31. The molecule has 24 heavy (non-hydrogen) atoms. The van der Waals surface area contributed by atoms with Crippen molar-refractivity contribution < 1.29 is 23.4 Å². The number of piperidine rings is 1. The van der Waals surface area contributed by atoms with E-state index in [2.05, 4.69) is 0 Å². The maximum absolute atomic E-state index is 12.7. The van der Waals surface area contributed by atoms with Crippen LogP contribution in [0.1, 0.15) is 18.4 Å². The van der Waals surface area contributed by atoms with Crippen LogP contribution in [0.5, 0.6) is 5.75 Å². The minimum Gasteiger partial charge on any atom is -0.481 e. The van der Waals surface area contributed by atoms with E-state index in [4.69, 9.17) is 4.74 Å². The Morgan fingerprint density at radius 2 is 2.08 bits per heavy atom. The first-order valence-corrected chi connectivity index (χ1v) is 7.95. The lowest BCUT2D eigenvalue weighted by Crippen LogP contribution is -2.38. The van der Waals surface area contributed by atoms with Crippen LogP contribution in [0.3, 0.4) is 0 Å². The summed E-state index contributed by atoms with van der Waals surface area (Å²) < 4.78 is 30.2. The first-order valence-electron chi connectivity index (χ1n) is 7.95. The average Bonchev–Trinajstić information content (AvgIpc) is 2.57. The van der Waals surface area contributed by atoms with Crippen molar-refractivity contribution in [3.63, 3.8) is 0 Å². The SMILES string of the molecule is O=C(O)C1CCCN(Cc2c(OC(F)F)ccc3ccccc23)C1. The van der Waals surface area contributed by atoms with Crippen LogP contribution < -0.4 is 4.74 Å². The van der Waals surface area contributed by atoms with Crippen molar-refractivity contribution in [2.75, 3.05) is 13.1 Å². The molecular weight excluding hydrogens is 316 g/mol. The second-order valence-electron chi connectivity index (χ2n) is 6.05. The topological polar surface area (TPSA) is 49.8 Å². The molecule has 0 radical (unpaired) electrons. The van der Waals surface area contributed by atoms with Crippen LogP contribution in [0.15, 0.2) is 36.4 Å². The number of aliphatic carboxylic acids is 1. The lowest BCUT2D eigenvalue weighted by Gasteiger charge is -2.31. The van der Waals surface area contributed by atoms with E-state index in [9.17, 15) is 18.7 Å². The van der Waals surface area contributed by atoms with Gasteiger partial charge in [-0.2, -0.15) is 8.78 Å². The Balaban J connectivity index is 1.92. The number of rotatable bonds is 5. The summed E-state index contributed by atoms with van der Waals surface area (Å²) >= 11 is 0. The molecule has 0 saturated carbocycles. The molecule has 1 aliphatic heterocycles. The molecule has 0 aromatic heterocycles. The van der Waals surface area contributed by atoms with Crippen LogP contribution >= 0.6 is 0 Å². The Bertz CT molecular complexity index is 735. The van der Waals surface area contributed by atoms with Gasteiger partial charge in [0.1, 0.15) is 5.75 Å². The summed E-state index contributed by atoms with van der Waals surface area (Å²) in [5, 5.41) is 11.0. The molecule has 0 amide bonds. The minimum absolute atomic E-state index is 0.154. The number of carboxylic acid groups (broad SMARTS) is 1. The lowest BCUT2D eigenvalue weighted by molar-refractivity contribution is -0.143. The molecule has 4 nitrogen and oxygen atoms in total. The summed E-state index contributed by atoms with van der Waals surface area (Å²) in [6.07, 6.45) is 1.44. The third kappa shape index (κ3) is 3.64. The van der Waals surface area contributed by atoms with Gasteiger partial charge in [-0.25, -0.2) is 0 Å². The summed E-state index contributed by atoms with van der Waals surface area (Å²) in [6.45, 7) is -1.32. The fourth-order valence-electron chi connectivity index (χ4n) is 3.31. The van der Waals surface area contributed by atoms with Gasteiger partial charge in [0.25, 0.3) is 0 Å². The summed E-state index contributed by atoms with van der Waals surface area (Å²) in [5.41, 5.74) is 0.680. The van der Waals surface area contributed by atoms with Crippen molar-refractivity contribution in [3.8, 4) is 5.75 Å². The number of hydrogen-bond acceptors (Lipinski definition) is 3. The van der Waals surface area contributed by atoms with Gasteiger partial charge in [-0.3, -0.25) is 9.69 Å². The lowest BCUT2D eigenvalue weighted by atomic mass is 9.96. The molecule has 0 spiro atoms. The number of alkyl halides is 2. The van der Waals surface area contributed by atoms with Crippen molar-refractivity contribution in [2.24, 2.45) is 5.92 Å². The molecule has 3 rings (SSSR count). The molecule has 128 valence electrons. The zero-order valence-electron chi connectivity index (χ0n) is 13.1. The van der Waals surface area contributed by atoms with Crippen molar-refractivity contribution in [1.82, 2.24) is 4.90 Å². The van der Waals surface area contributed by atoms with Crippen LogP contribution in [0.25, 0.3) is 10.8 Å². The summed E-state index contributed by atoms with van der Waals surface area (Å²) in [6, 6.07) is 10.9. The standard InChI is InChI=1S/C18H19F2NO3/c19-18(20)24-16-8-7-12-4-1-2-6-14(12)15(16)11-21-9-3-5-13(10-21)17(22)23/h1-2,4,6-8,13,18H,3,5,9-11H2,(H,22,23). The fourth-order valence-corrected chi connectivity index (χ4v) is 3.31. The Labute approximate surface area is 138 Å². The van der Waals surface area contributed by atoms with Gasteiger partial charge in [-0.1, -0.05) is 30.3 Å². The van der Waals surface area contributed by atoms with Gasteiger partial charge in [-0.15, -0.1) is 0 Å². The van der Waals surface area contributed by atoms with Crippen molar-refractivity contribution in [2.45, 2.75) is 26.0 Å². The molecule has 1 unspecified atom stereocenters. The quantitative estimate of drug-likeness (QED) is 0.904. The third-order valence-electron chi connectivity index (χ3n) is 4.45. The van der Waals surface area contributed by atoms with Crippen molar-refractivity contribution in [1.29, 1.82) is 0 Å². The fraction of sp³-hybridized carbons (Fsp3) is 0.389. The number of carboxylic acids is 1. The van der Waals surface area contributed by atoms with Gasteiger partial charge in [-0.05, 0) is 36.2 Å². The zero-order chi connectivity index (χ0) is 17.1. The van der Waals surface area contributed by atoms with E-state index >= 15 is 0 Å². The van der Waals surface area contributed by atoms with Gasteiger partial charge in [0, 0.05) is 18.7 Å². The predicted molar refractivity (Wildman–Crippen MR) is 86.2 cm³/mol. The van der Waals surface area contributed by atoms with Crippen molar-refractivity contribution >= 4 is 16.7 Å². The van der Waals surface area contributed by atoms with Gasteiger partial charge in [0.2, 0.25) is 0 Å². The van der Waals surface area contributed by atoms with E-state index in [0.29, 0.717) is 25.1 Å². The highest BCUT2D eigenvalue weighted by atomic mass is 19.3. The number of ether oxygens (including phenoxy) is 1. The molecule has 1 saturated heterocycles. The second-order valence-corrected chi connectivity index (χ2v) is 6.05. The smallest absolute Gasteiger partial charge is 0.387 e. The van der Waals surface area contributed by atoms with Crippen LogP contribution in [0.2, 0.25) is 0 Å². The van der Waals surface area contributed by atoms with Gasteiger partial charge in [0.05, 0.1) is 5.92 Å². The summed E-state index contributed by atoms with van der Waals surface area (Å²) in [7, 11) is 0. The molecule has 0 bridgehead atoms. The molecule has 1 heterocycles. The Morgan fingerprint density at radius 1 is 1.29 bits per heavy atom. The second kappa shape index (κ2) is 7.13. The number of likely N-dealkylation sites (tertiary alicyclic amines) is 1. The third-order valence-corrected chi connectivity index (χ3v) is 4.45. The molecule has 1 N–H and O–H groups in total.